The standard InChI is InChI=1S/C13H14ClN3O2/c1-3-4-17-7-10(13(18)19)12(16-17)9-5-8(2)15-11(14)6-9/h5-7H,3-4H2,1-2H3,(H,18,19). The van der Waals surface area contributed by atoms with Crippen molar-refractivity contribution in [2.75, 3.05) is 0 Å². The van der Waals surface area contributed by atoms with Gasteiger partial charge in [0.15, 0.2) is 0 Å². The molecule has 19 heavy (non-hydrogen) atoms. The zero-order valence-corrected chi connectivity index (χ0v) is 11.5. The molecule has 0 amide bonds. The molecule has 0 fully saturated rings. The van der Waals surface area contributed by atoms with Crippen LogP contribution in [0, 0.1) is 6.92 Å². The van der Waals surface area contributed by atoms with Crippen LogP contribution in [-0.4, -0.2) is 25.8 Å². The highest BCUT2D eigenvalue weighted by Gasteiger charge is 2.17. The normalized spacial score (nSPS) is 10.7. The van der Waals surface area contributed by atoms with Gasteiger partial charge >= 0.3 is 5.97 Å². The van der Waals surface area contributed by atoms with Crippen LogP contribution in [0.3, 0.4) is 0 Å². The molecule has 0 aliphatic carbocycles. The summed E-state index contributed by atoms with van der Waals surface area (Å²) in [6.07, 6.45) is 2.43. The number of carboxylic acid groups (broad SMARTS) is 1. The Hall–Kier alpha value is -1.88. The molecule has 0 aromatic carbocycles. The van der Waals surface area contributed by atoms with E-state index in [-0.39, 0.29) is 5.56 Å². The van der Waals surface area contributed by atoms with E-state index in [1.165, 1.54) is 0 Å². The van der Waals surface area contributed by atoms with Gasteiger partial charge < -0.3 is 5.11 Å². The van der Waals surface area contributed by atoms with Gasteiger partial charge in [0.05, 0.1) is 0 Å². The van der Waals surface area contributed by atoms with Gasteiger partial charge in [-0.25, -0.2) is 9.78 Å². The number of aromatic carboxylic acids is 1. The fraction of sp³-hybridized carbons (Fsp3) is 0.308. The zero-order chi connectivity index (χ0) is 14.0. The third kappa shape index (κ3) is 2.93. The van der Waals surface area contributed by atoms with Crippen molar-refractivity contribution in [3.63, 3.8) is 0 Å². The summed E-state index contributed by atoms with van der Waals surface area (Å²) in [6.45, 7) is 4.49. The summed E-state index contributed by atoms with van der Waals surface area (Å²) in [5.74, 6) is -0.997. The van der Waals surface area contributed by atoms with Crippen molar-refractivity contribution in [1.29, 1.82) is 0 Å². The van der Waals surface area contributed by atoms with Crippen LogP contribution >= 0.6 is 11.6 Å². The largest absolute Gasteiger partial charge is 0.478 e. The SMILES string of the molecule is CCCn1cc(C(=O)O)c(-c2cc(C)nc(Cl)c2)n1. The molecule has 0 spiro atoms. The molecular formula is C13H14ClN3O2. The molecule has 6 heteroatoms. The highest BCUT2D eigenvalue weighted by Crippen LogP contribution is 2.25. The Bertz CT molecular complexity index is 602. The van der Waals surface area contributed by atoms with Crippen molar-refractivity contribution in [1.82, 2.24) is 14.8 Å². The highest BCUT2D eigenvalue weighted by molar-refractivity contribution is 6.29. The monoisotopic (exact) mass is 279 g/mol. The number of carbonyl (C=O) groups is 1. The molecule has 0 saturated carbocycles. The molecule has 1 N–H and O–H groups in total. The van der Waals surface area contributed by atoms with E-state index in [0.717, 1.165) is 12.1 Å². The molecule has 0 saturated heterocycles. The first kappa shape index (κ1) is 13.5. The van der Waals surface area contributed by atoms with Gasteiger partial charge in [-0.2, -0.15) is 5.10 Å². The number of hydrogen-bond donors (Lipinski definition) is 1. The number of halogens is 1. The summed E-state index contributed by atoms with van der Waals surface area (Å²) in [7, 11) is 0. The summed E-state index contributed by atoms with van der Waals surface area (Å²) in [5.41, 5.74) is 2.00. The molecule has 0 radical (unpaired) electrons. The van der Waals surface area contributed by atoms with Crippen molar-refractivity contribution in [3.8, 4) is 11.3 Å². The molecule has 2 heterocycles. The quantitative estimate of drug-likeness (QED) is 0.874. The Kier molecular flexibility index (Phi) is 3.85. The maximum absolute atomic E-state index is 11.3. The zero-order valence-electron chi connectivity index (χ0n) is 10.7. The van der Waals surface area contributed by atoms with Crippen LogP contribution in [0.1, 0.15) is 29.4 Å². The molecular weight excluding hydrogens is 266 g/mol. The van der Waals surface area contributed by atoms with Crippen LogP contribution < -0.4 is 0 Å². The molecule has 2 aromatic heterocycles. The second-order valence-corrected chi connectivity index (χ2v) is 4.67. The first-order valence-corrected chi connectivity index (χ1v) is 6.34. The minimum Gasteiger partial charge on any atom is -0.478 e. The molecule has 0 aliphatic heterocycles. The van der Waals surface area contributed by atoms with E-state index >= 15 is 0 Å². The van der Waals surface area contributed by atoms with Gasteiger partial charge in [-0.15, -0.1) is 0 Å². The van der Waals surface area contributed by atoms with Crippen LogP contribution in [0.4, 0.5) is 0 Å². The predicted molar refractivity (Wildman–Crippen MR) is 72.5 cm³/mol. The average Bonchev–Trinajstić information content (AvgIpc) is 2.72. The first-order chi connectivity index (χ1) is 9.01. The lowest BCUT2D eigenvalue weighted by molar-refractivity contribution is 0.0697. The molecule has 0 unspecified atom stereocenters. The molecule has 2 aromatic rings. The number of hydrogen-bond acceptors (Lipinski definition) is 3. The van der Waals surface area contributed by atoms with Crippen molar-refractivity contribution >= 4 is 17.6 Å². The summed E-state index contributed by atoms with van der Waals surface area (Å²) >= 11 is 5.91. The lowest BCUT2D eigenvalue weighted by atomic mass is 10.1. The summed E-state index contributed by atoms with van der Waals surface area (Å²) < 4.78 is 1.64. The number of aromatic nitrogens is 3. The summed E-state index contributed by atoms with van der Waals surface area (Å²) in [5, 5.41) is 13.9. The number of nitrogens with zero attached hydrogens (tertiary/aromatic N) is 3. The number of carboxylic acids is 1. The highest BCUT2D eigenvalue weighted by atomic mass is 35.5. The topological polar surface area (TPSA) is 68.0 Å². The van der Waals surface area contributed by atoms with Crippen LogP contribution in [0.15, 0.2) is 18.3 Å². The van der Waals surface area contributed by atoms with Gasteiger partial charge in [-0.05, 0) is 25.5 Å². The number of aryl methyl sites for hydroxylation is 2. The molecule has 0 atom stereocenters. The molecule has 100 valence electrons. The lowest BCUT2D eigenvalue weighted by Gasteiger charge is -2.02. The van der Waals surface area contributed by atoms with Gasteiger partial charge in [-0.3, -0.25) is 4.68 Å². The number of pyridine rings is 1. The third-order valence-corrected chi connectivity index (χ3v) is 2.83. The summed E-state index contributed by atoms with van der Waals surface area (Å²) in [4.78, 5) is 15.3. The average molecular weight is 280 g/mol. The van der Waals surface area contributed by atoms with Gasteiger partial charge in [0, 0.05) is 24.0 Å². The second kappa shape index (κ2) is 5.40. The fourth-order valence-corrected chi connectivity index (χ4v) is 2.15. The van der Waals surface area contributed by atoms with Crippen LogP contribution in [0.5, 0.6) is 0 Å². The van der Waals surface area contributed by atoms with E-state index in [1.54, 1.807) is 29.9 Å². The Labute approximate surface area is 115 Å². The maximum Gasteiger partial charge on any atom is 0.339 e. The Balaban J connectivity index is 2.56. The third-order valence-electron chi connectivity index (χ3n) is 2.64. The van der Waals surface area contributed by atoms with E-state index < -0.39 is 5.97 Å². The van der Waals surface area contributed by atoms with Gasteiger partial charge in [0.1, 0.15) is 16.4 Å². The van der Waals surface area contributed by atoms with E-state index in [0.29, 0.717) is 23.0 Å². The molecule has 2 rings (SSSR count). The van der Waals surface area contributed by atoms with Crippen molar-refractivity contribution < 1.29 is 9.90 Å². The van der Waals surface area contributed by atoms with Gasteiger partial charge in [0.2, 0.25) is 0 Å². The van der Waals surface area contributed by atoms with Crippen LogP contribution in [0.25, 0.3) is 11.3 Å². The predicted octanol–water partition coefficient (Wildman–Crippen LogP) is 3.02. The number of rotatable bonds is 4. The molecule has 5 nitrogen and oxygen atoms in total. The van der Waals surface area contributed by atoms with Crippen molar-refractivity contribution in [2.45, 2.75) is 26.8 Å². The van der Waals surface area contributed by atoms with Crippen molar-refractivity contribution in [2.24, 2.45) is 0 Å². The smallest absolute Gasteiger partial charge is 0.339 e. The first-order valence-electron chi connectivity index (χ1n) is 5.96. The second-order valence-electron chi connectivity index (χ2n) is 4.28. The van der Waals surface area contributed by atoms with Crippen molar-refractivity contribution in [3.05, 3.63) is 34.7 Å². The Morgan fingerprint density at radius 3 is 2.79 bits per heavy atom. The van der Waals surface area contributed by atoms with E-state index in [2.05, 4.69) is 10.1 Å². The molecule has 0 bridgehead atoms. The lowest BCUT2D eigenvalue weighted by Crippen LogP contribution is -1.97. The molecule has 0 aliphatic rings. The van der Waals surface area contributed by atoms with E-state index in [1.807, 2.05) is 6.92 Å². The summed E-state index contributed by atoms with van der Waals surface area (Å²) in [6, 6.07) is 3.40. The van der Waals surface area contributed by atoms with Crippen LogP contribution in [0.2, 0.25) is 5.15 Å². The minimum atomic E-state index is -0.997. The van der Waals surface area contributed by atoms with Gasteiger partial charge in [-0.1, -0.05) is 18.5 Å². The Morgan fingerprint density at radius 1 is 1.47 bits per heavy atom. The van der Waals surface area contributed by atoms with Crippen LogP contribution in [-0.2, 0) is 6.54 Å². The maximum atomic E-state index is 11.3. The van der Waals surface area contributed by atoms with Gasteiger partial charge in [0.25, 0.3) is 0 Å². The fourth-order valence-electron chi connectivity index (χ4n) is 1.90. The van der Waals surface area contributed by atoms with E-state index in [4.69, 9.17) is 11.6 Å². The minimum absolute atomic E-state index is 0.176. The Morgan fingerprint density at radius 2 is 2.21 bits per heavy atom. The van der Waals surface area contributed by atoms with E-state index in [9.17, 15) is 9.90 Å².